The van der Waals surface area contributed by atoms with Crippen LogP contribution in [0.5, 0.6) is 11.5 Å². The second-order valence-electron chi connectivity index (χ2n) is 6.12. The van der Waals surface area contributed by atoms with Gasteiger partial charge in [0, 0.05) is 24.5 Å². The van der Waals surface area contributed by atoms with Crippen molar-refractivity contribution < 1.29 is 13.9 Å². The van der Waals surface area contributed by atoms with Crippen LogP contribution in [0.3, 0.4) is 0 Å². The van der Waals surface area contributed by atoms with Gasteiger partial charge in [-0.25, -0.2) is 0 Å². The Morgan fingerprint density at radius 1 is 1.00 bits per heavy atom. The average molecular weight is 495 g/mol. The lowest BCUT2D eigenvalue weighted by Crippen LogP contribution is -2.36. The van der Waals surface area contributed by atoms with E-state index in [1.165, 1.54) is 0 Å². The van der Waals surface area contributed by atoms with E-state index in [1.807, 2.05) is 36.4 Å². The molecule has 3 aromatic rings. The molecule has 0 fully saturated rings. The fourth-order valence-electron chi connectivity index (χ4n) is 2.95. The van der Waals surface area contributed by atoms with Gasteiger partial charge in [0.2, 0.25) is 0 Å². The molecule has 0 atom stereocenters. The van der Waals surface area contributed by atoms with Gasteiger partial charge in [0.25, 0.3) is 0 Å². The molecule has 0 aliphatic carbocycles. The van der Waals surface area contributed by atoms with Gasteiger partial charge in [-0.15, -0.1) is 24.0 Å². The Morgan fingerprint density at radius 3 is 2.39 bits per heavy atom. The van der Waals surface area contributed by atoms with Gasteiger partial charge in [-0.05, 0) is 30.7 Å². The zero-order valence-corrected chi connectivity index (χ0v) is 18.9. The first-order chi connectivity index (χ1) is 13.2. The highest BCUT2D eigenvalue weighted by molar-refractivity contribution is 14.0. The molecule has 0 saturated heterocycles. The molecule has 0 spiro atoms. The summed E-state index contributed by atoms with van der Waals surface area (Å²) in [5, 5.41) is 7.74. The van der Waals surface area contributed by atoms with Crippen LogP contribution in [0.25, 0.3) is 11.0 Å². The van der Waals surface area contributed by atoms with Crippen molar-refractivity contribution in [2.24, 2.45) is 4.99 Å². The Balaban J connectivity index is 0.00000280. The van der Waals surface area contributed by atoms with E-state index in [0.29, 0.717) is 30.5 Å². The van der Waals surface area contributed by atoms with Gasteiger partial charge in [0.15, 0.2) is 17.5 Å². The number of fused-ring (bicyclic) bond motifs is 1. The Kier molecular flexibility index (Phi) is 7.98. The first-order valence-corrected chi connectivity index (χ1v) is 8.78. The Hall–Kier alpha value is -2.42. The average Bonchev–Trinajstić information content (AvgIpc) is 3.03. The molecule has 0 radical (unpaired) electrons. The summed E-state index contributed by atoms with van der Waals surface area (Å²) in [5.41, 5.74) is 3.11. The topological polar surface area (TPSA) is 68.0 Å². The second kappa shape index (κ2) is 10.2. The standard InChI is InChI=1S/C21H25N3O3.HI/c1-14-16-7-5-6-8-17(16)27-20(14)13-24-21(22-2)23-12-15-9-10-18(25-3)19(11-15)26-4;/h5-11H,12-13H2,1-4H3,(H2,22,23,24);1H. The molecule has 3 rings (SSSR count). The number of methoxy groups -OCH3 is 2. The molecule has 6 nitrogen and oxygen atoms in total. The number of nitrogens with one attached hydrogen (secondary N) is 2. The number of ether oxygens (including phenoxy) is 2. The molecule has 0 aliphatic heterocycles. The lowest BCUT2D eigenvalue weighted by atomic mass is 10.1. The number of halogens is 1. The molecule has 2 N–H and O–H groups in total. The van der Waals surface area contributed by atoms with E-state index in [1.54, 1.807) is 21.3 Å². The van der Waals surface area contributed by atoms with Gasteiger partial charge in [0.1, 0.15) is 11.3 Å². The molecule has 1 heterocycles. The number of hydrogen-bond donors (Lipinski definition) is 2. The minimum Gasteiger partial charge on any atom is -0.493 e. The van der Waals surface area contributed by atoms with Crippen molar-refractivity contribution in [2.75, 3.05) is 21.3 Å². The number of furan rings is 1. The number of rotatable bonds is 6. The number of guanidine groups is 1. The van der Waals surface area contributed by atoms with Crippen LogP contribution >= 0.6 is 24.0 Å². The Labute approximate surface area is 182 Å². The molecule has 1 aromatic heterocycles. The van der Waals surface area contributed by atoms with E-state index in [9.17, 15) is 0 Å². The summed E-state index contributed by atoms with van der Waals surface area (Å²) in [6.07, 6.45) is 0. The van der Waals surface area contributed by atoms with Crippen LogP contribution in [0, 0.1) is 6.92 Å². The van der Waals surface area contributed by atoms with Crippen molar-refractivity contribution >= 4 is 40.9 Å². The molecular formula is C21H26IN3O3. The van der Waals surface area contributed by atoms with E-state index in [-0.39, 0.29) is 24.0 Å². The zero-order chi connectivity index (χ0) is 19.2. The first kappa shape index (κ1) is 21.9. The molecule has 2 aromatic carbocycles. The minimum atomic E-state index is 0. The summed E-state index contributed by atoms with van der Waals surface area (Å²) in [7, 11) is 5.00. The van der Waals surface area contributed by atoms with Gasteiger partial charge in [-0.1, -0.05) is 24.3 Å². The molecule has 150 valence electrons. The quantitative estimate of drug-likeness (QED) is 0.304. The van der Waals surface area contributed by atoms with Crippen molar-refractivity contribution in [3.63, 3.8) is 0 Å². The number of benzene rings is 2. The molecule has 0 unspecified atom stereocenters. The van der Waals surface area contributed by atoms with E-state index in [0.717, 1.165) is 27.9 Å². The molecule has 0 bridgehead atoms. The van der Waals surface area contributed by atoms with Crippen molar-refractivity contribution in [2.45, 2.75) is 20.0 Å². The maximum absolute atomic E-state index is 5.94. The molecule has 0 aliphatic rings. The number of hydrogen-bond acceptors (Lipinski definition) is 4. The van der Waals surface area contributed by atoms with Gasteiger partial charge in [-0.3, -0.25) is 4.99 Å². The Morgan fingerprint density at radius 2 is 1.71 bits per heavy atom. The third-order valence-corrected chi connectivity index (χ3v) is 4.49. The van der Waals surface area contributed by atoms with Crippen LogP contribution in [0.15, 0.2) is 51.9 Å². The highest BCUT2D eigenvalue weighted by Gasteiger charge is 2.10. The molecular weight excluding hydrogens is 469 g/mol. The first-order valence-electron chi connectivity index (χ1n) is 8.78. The lowest BCUT2D eigenvalue weighted by molar-refractivity contribution is 0.354. The fraction of sp³-hybridized carbons (Fsp3) is 0.286. The summed E-state index contributed by atoms with van der Waals surface area (Å²) in [6, 6.07) is 13.9. The van der Waals surface area contributed by atoms with Crippen LogP contribution in [0.1, 0.15) is 16.9 Å². The zero-order valence-electron chi connectivity index (χ0n) is 16.5. The van der Waals surface area contributed by atoms with Crippen LogP contribution < -0.4 is 20.1 Å². The van der Waals surface area contributed by atoms with Gasteiger partial charge < -0.3 is 24.5 Å². The summed E-state index contributed by atoms with van der Waals surface area (Å²) >= 11 is 0. The van der Waals surface area contributed by atoms with E-state index >= 15 is 0 Å². The van der Waals surface area contributed by atoms with E-state index in [2.05, 4.69) is 28.6 Å². The van der Waals surface area contributed by atoms with Crippen molar-refractivity contribution in [1.82, 2.24) is 10.6 Å². The molecule has 28 heavy (non-hydrogen) atoms. The highest BCUT2D eigenvalue weighted by atomic mass is 127. The maximum Gasteiger partial charge on any atom is 0.191 e. The second-order valence-corrected chi connectivity index (χ2v) is 6.12. The molecule has 7 heteroatoms. The van der Waals surface area contributed by atoms with Crippen LogP contribution in [-0.2, 0) is 13.1 Å². The number of aliphatic imine (C=N–C) groups is 1. The van der Waals surface area contributed by atoms with Crippen LogP contribution in [0.2, 0.25) is 0 Å². The van der Waals surface area contributed by atoms with Gasteiger partial charge in [-0.2, -0.15) is 0 Å². The normalized spacial score (nSPS) is 11.1. The molecule has 0 amide bonds. The number of nitrogens with zero attached hydrogens (tertiary/aromatic N) is 1. The third-order valence-electron chi connectivity index (χ3n) is 4.49. The summed E-state index contributed by atoms with van der Waals surface area (Å²) in [5.74, 6) is 3.02. The fourth-order valence-corrected chi connectivity index (χ4v) is 2.95. The predicted octanol–water partition coefficient (Wildman–Crippen LogP) is 4.24. The van der Waals surface area contributed by atoms with Gasteiger partial charge >= 0.3 is 0 Å². The van der Waals surface area contributed by atoms with Crippen LogP contribution in [-0.4, -0.2) is 27.2 Å². The van der Waals surface area contributed by atoms with Crippen LogP contribution in [0.4, 0.5) is 0 Å². The minimum absolute atomic E-state index is 0. The summed E-state index contributed by atoms with van der Waals surface area (Å²) < 4.78 is 16.6. The van der Waals surface area contributed by atoms with Crippen molar-refractivity contribution in [3.05, 3.63) is 59.4 Å². The van der Waals surface area contributed by atoms with Gasteiger partial charge in [0.05, 0.1) is 20.8 Å². The lowest BCUT2D eigenvalue weighted by Gasteiger charge is -2.13. The molecule has 0 saturated carbocycles. The smallest absolute Gasteiger partial charge is 0.191 e. The Bertz CT molecular complexity index is 953. The summed E-state index contributed by atoms with van der Waals surface area (Å²) in [4.78, 5) is 4.27. The largest absolute Gasteiger partial charge is 0.493 e. The van der Waals surface area contributed by atoms with Crippen molar-refractivity contribution in [1.29, 1.82) is 0 Å². The number of para-hydroxylation sites is 1. The summed E-state index contributed by atoms with van der Waals surface area (Å²) in [6.45, 7) is 3.24. The van der Waals surface area contributed by atoms with E-state index < -0.39 is 0 Å². The van der Waals surface area contributed by atoms with Crippen molar-refractivity contribution in [3.8, 4) is 11.5 Å². The third kappa shape index (κ3) is 4.89. The number of aryl methyl sites for hydroxylation is 1. The maximum atomic E-state index is 5.94. The highest BCUT2D eigenvalue weighted by Crippen LogP contribution is 2.27. The monoisotopic (exact) mass is 495 g/mol. The predicted molar refractivity (Wildman–Crippen MR) is 123 cm³/mol. The van der Waals surface area contributed by atoms with E-state index in [4.69, 9.17) is 13.9 Å². The SMILES string of the molecule is CN=C(NCc1ccc(OC)c(OC)c1)NCc1oc2ccccc2c1C.I.